The van der Waals surface area contributed by atoms with Crippen LogP contribution in [0.2, 0.25) is 0 Å². The molecular formula is C14H9BrN2O3. The number of benzene rings is 2. The van der Waals surface area contributed by atoms with Gasteiger partial charge in [-0.25, -0.2) is 0 Å². The molecule has 0 aliphatic carbocycles. The van der Waals surface area contributed by atoms with Gasteiger partial charge in [0.15, 0.2) is 11.5 Å². The molecule has 0 aliphatic rings. The SMILES string of the molecule is Oc1ccc(-c2nc(-c3ccccc3Br)no2)cc1O. The molecule has 0 saturated heterocycles. The van der Waals surface area contributed by atoms with Crippen LogP contribution in [0.25, 0.3) is 22.8 Å². The Morgan fingerprint density at radius 1 is 1.00 bits per heavy atom. The predicted molar refractivity (Wildman–Crippen MR) is 76.2 cm³/mol. The van der Waals surface area contributed by atoms with E-state index in [1.54, 1.807) is 6.07 Å². The van der Waals surface area contributed by atoms with E-state index in [9.17, 15) is 10.2 Å². The zero-order valence-electron chi connectivity index (χ0n) is 10.1. The highest BCUT2D eigenvalue weighted by atomic mass is 79.9. The second-order valence-electron chi connectivity index (χ2n) is 4.11. The van der Waals surface area contributed by atoms with Crippen LogP contribution in [-0.2, 0) is 0 Å². The van der Waals surface area contributed by atoms with Crippen LogP contribution in [0.4, 0.5) is 0 Å². The van der Waals surface area contributed by atoms with Gasteiger partial charge in [0.05, 0.1) is 0 Å². The number of nitrogens with zero attached hydrogens (tertiary/aromatic N) is 2. The lowest BCUT2D eigenvalue weighted by molar-refractivity contribution is 0.402. The van der Waals surface area contributed by atoms with E-state index in [2.05, 4.69) is 26.1 Å². The van der Waals surface area contributed by atoms with E-state index in [4.69, 9.17) is 4.52 Å². The minimum atomic E-state index is -0.233. The van der Waals surface area contributed by atoms with Gasteiger partial charge in [-0.1, -0.05) is 33.2 Å². The van der Waals surface area contributed by atoms with Crippen molar-refractivity contribution < 1.29 is 14.7 Å². The molecule has 0 aliphatic heterocycles. The van der Waals surface area contributed by atoms with Crippen LogP contribution < -0.4 is 0 Å². The van der Waals surface area contributed by atoms with Crippen molar-refractivity contribution >= 4 is 15.9 Å². The van der Waals surface area contributed by atoms with Gasteiger partial charge in [-0.15, -0.1) is 0 Å². The minimum Gasteiger partial charge on any atom is -0.504 e. The molecule has 1 aromatic heterocycles. The largest absolute Gasteiger partial charge is 0.504 e. The maximum Gasteiger partial charge on any atom is 0.258 e. The Kier molecular flexibility index (Phi) is 3.15. The summed E-state index contributed by atoms with van der Waals surface area (Å²) in [6, 6.07) is 11.9. The molecule has 0 spiro atoms. The summed E-state index contributed by atoms with van der Waals surface area (Å²) in [6.45, 7) is 0. The molecular weight excluding hydrogens is 324 g/mol. The summed E-state index contributed by atoms with van der Waals surface area (Å²) in [5.41, 5.74) is 1.34. The van der Waals surface area contributed by atoms with E-state index in [0.717, 1.165) is 10.0 Å². The number of phenolic OH excluding ortho intramolecular Hbond substituents is 2. The highest BCUT2D eigenvalue weighted by molar-refractivity contribution is 9.10. The van der Waals surface area contributed by atoms with Crippen molar-refractivity contribution in [3.8, 4) is 34.3 Å². The zero-order valence-corrected chi connectivity index (χ0v) is 11.7. The van der Waals surface area contributed by atoms with Gasteiger partial charge < -0.3 is 14.7 Å². The maximum atomic E-state index is 9.48. The van der Waals surface area contributed by atoms with Crippen molar-refractivity contribution in [1.29, 1.82) is 0 Å². The van der Waals surface area contributed by atoms with Gasteiger partial charge in [0.1, 0.15) is 0 Å². The summed E-state index contributed by atoms with van der Waals surface area (Å²) in [7, 11) is 0. The van der Waals surface area contributed by atoms with Gasteiger partial charge in [-0.05, 0) is 30.3 Å². The molecule has 0 fully saturated rings. The topological polar surface area (TPSA) is 79.4 Å². The smallest absolute Gasteiger partial charge is 0.258 e. The Balaban J connectivity index is 2.02. The third kappa shape index (κ3) is 2.25. The molecule has 0 radical (unpaired) electrons. The van der Waals surface area contributed by atoms with Gasteiger partial charge in [0, 0.05) is 15.6 Å². The second kappa shape index (κ2) is 4.97. The number of aromatic nitrogens is 2. The summed E-state index contributed by atoms with van der Waals surface area (Å²) in [5.74, 6) is 0.286. The van der Waals surface area contributed by atoms with Gasteiger partial charge in [-0.2, -0.15) is 4.98 Å². The second-order valence-corrected chi connectivity index (χ2v) is 4.96. The van der Waals surface area contributed by atoms with E-state index >= 15 is 0 Å². The van der Waals surface area contributed by atoms with Crippen molar-refractivity contribution in [2.24, 2.45) is 0 Å². The van der Waals surface area contributed by atoms with Crippen LogP contribution in [0.15, 0.2) is 51.5 Å². The quantitative estimate of drug-likeness (QED) is 0.701. The first kappa shape index (κ1) is 12.7. The van der Waals surface area contributed by atoms with Crippen molar-refractivity contribution in [2.75, 3.05) is 0 Å². The monoisotopic (exact) mass is 332 g/mol. The van der Waals surface area contributed by atoms with E-state index in [0.29, 0.717) is 11.4 Å². The fourth-order valence-electron chi connectivity index (χ4n) is 1.75. The van der Waals surface area contributed by atoms with E-state index in [1.165, 1.54) is 12.1 Å². The van der Waals surface area contributed by atoms with Crippen LogP contribution in [0.1, 0.15) is 0 Å². The third-order valence-corrected chi connectivity index (χ3v) is 3.45. The molecule has 2 aromatic carbocycles. The molecule has 20 heavy (non-hydrogen) atoms. The van der Waals surface area contributed by atoms with E-state index in [1.807, 2.05) is 24.3 Å². The van der Waals surface area contributed by atoms with Crippen molar-refractivity contribution in [1.82, 2.24) is 10.1 Å². The number of aromatic hydroxyl groups is 2. The molecule has 3 aromatic rings. The zero-order chi connectivity index (χ0) is 14.1. The number of hydrogen-bond acceptors (Lipinski definition) is 5. The highest BCUT2D eigenvalue weighted by Gasteiger charge is 2.13. The van der Waals surface area contributed by atoms with Crippen LogP contribution in [-0.4, -0.2) is 20.4 Å². The van der Waals surface area contributed by atoms with Gasteiger partial charge in [0.2, 0.25) is 5.82 Å². The van der Waals surface area contributed by atoms with Crippen molar-refractivity contribution in [3.05, 3.63) is 46.9 Å². The van der Waals surface area contributed by atoms with Gasteiger partial charge >= 0.3 is 0 Å². The summed E-state index contributed by atoms with van der Waals surface area (Å²) in [5, 5.41) is 22.7. The summed E-state index contributed by atoms with van der Waals surface area (Å²) >= 11 is 3.42. The van der Waals surface area contributed by atoms with Crippen LogP contribution >= 0.6 is 15.9 Å². The van der Waals surface area contributed by atoms with E-state index in [-0.39, 0.29) is 17.4 Å². The Morgan fingerprint density at radius 2 is 1.80 bits per heavy atom. The van der Waals surface area contributed by atoms with Crippen molar-refractivity contribution in [3.63, 3.8) is 0 Å². The first-order valence-corrected chi connectivity index (χ1v) is 6.55. The van der Waals surface area contributed by atoms with Crippen LogP contribution in [0.5, 0.6) is 11.5 Å². The van der Waals surface area contributed by atoms with E-state index < -0.39 is 0 Å². The average Bonchev–Trinajstić information content (AvgIpc) is 2.92. The lowest BCUT2D eigenvalue weighted by Gasteiger charge is -1.98. The number of phenols is 2. The fourth-order valence-corrected chi connectivity index (χ4v) is 2.21. The van der Waals surface area contributed by atoms with Crippen LogP contribution in [0.3, 0.4) is 0 Å². The van der Waals surface area contributed by atoms with Crippen molar-refractivity contribution in [2.45, 2.75) is 0 Å². The molecule has 0 unspecified atom stereocenters. The lowest BCUT2D eigenvalue weighted by atomic mass is 10.2. The molecule has 1 heterocycles. The number of hydrogen-bond donors (Lipinski definition) is 2. The van der Waals surface area contributed by atoms with Gasteiger partial charge in [-0.3, -0.25) is 0 Å². The summed E-state index contributed by atoms with van der Waals surface area (Å²) in [4.78, 5) is 4.28. The van der Waals surface area contributed by atoms with Crippen LogP contribution in [0, 0.1) is 0 Å². The summed E-state index contributed by atoms with van der Waals surface area (Å²) < 4.78 is 6.04. The standard InChI is InChI=1S/C14H9BrN2O3/c15-10-4-2-1-3-9(10)13-16-14(20-17-13)8-5-6-11(18)12(19)7-8/h1-7,18-19H. The normalized spacial score (nSPS) is 10.7. The Labute approximate surface area is 122 Å². The number of rotatable bonds is 2. The molecule has 5 nitrogen and oxygen atoms in total. The molecule has 6 heteroatoms. The van der Waals surface area contributed by atoms with Gasteiger partial charge in [0.25, 0.3) is 5.89 Å². The molecule has 0 amide bonds. The maximum absolute atomic E-state index is 9.48. The fraction of sp³-hybridized carbons (Fsp3) is 0. The predicted octanol–water partition coefficient (Wildman–Crippen LogP) is 3.58. The Morgan fingerprint density at radius 3 is 2.55 bits per heavy atom. The molecule has 3 rings (SSSR count). The Hall–Kier alpha value is -2.34. The molecule has 0 atom stereocenters. The molecule has 2 N–H and O–H groups in total. The third-order valence-electron chi connectivity index (χ3n) is 2.76. The lowest BCUT2D eigenvalue weighted by Crippen LogP contribution is -1.82. The number of halogens is 1. The molecule has 100 valence electrons. The minimum absolute atomic E-state index is 0.195. The first-order chi connectivity index (χ1) is 9.65. The Bertz CT molecular complexity index is 771. The average molecular weight is 333 g/mol. The first-order valence-electron chi connectivity index (χ1n) is 5.76. The highest BCUT2D eigenvalue weighted by Crippen LogP contribution is 2.31. The molecule has 0 bridgehead atoms. The molecule has 0 saturated carbocycles. The summed E-state index contributed by atoms with van der Waals surface area (Å²) in [6.07, 6.45) is 0.